The Hall–Kier alpha value is -1.30. The molecule has 0 aromatic rings. The molecule has 1 atom stereocenters. The monoisotopic (exact) mass is 286 g/mol. The number of hydrogen-bond donors (Lipinski definition) is 0. The van der Waals surface area contributed by atoms with Crippen LogP contribution in [0.4, 0.5) is 0 Å². The standard InChI is InChI=1S/C21H34/c1-8-10-11-12-20(6)21(7)16-19(5)14-13-18(4)15-17(3)9-2/h12-15,17H,5,7-11,16H2,1-4,6H3. The second-order valence-electron chi connectivity index (χ2n) is 6.10. The lowest BCUT2D eigenvalue weighted by Crippen LogP contribution is -1.88. The number of rotatable bonds is 10. The Kier molecular flexibility index (Phi) is 10.7. The van der Waals surface area contributed by atoms with Gasteiger partial charge in [-0.3, -0.25) is 0 Å². The van der Waals surface area contributed by atoms with Crippen molar-refractivity contribution in [1.82, 2.24) is 0 Å². The molecule has 0 heterocycles. The fourth-order valence-electron chi connectivity index (χ4n) is 2.01. The molecule has 118 valence electrons. The summed E-state index contributed by atoms with van der Waals surface area (Å²) in [5.74, 6) is 0.640. The molecule has 0 heteroatoms. The predicted molar refractivity (Wildman–Crippen MR) is 98.5 cm³/mol. The highest BCUT2D eigenvalue weighted by atomic mass is 14.0. The van der Waals surface area contributed by atoms with E-state index in [2.05, 4.69) is 72.1 Å². The van der Waals surface area contributed by atoms with Crippen molar-refractivity contribution in [2.45, 2.75) is 66.7 Å². The second kappa shape index (κ2) is 11.4. The van der Waals surface area contributed by atoms with E-state index in [1.54, 1.807) is 0 Å². The van der Waals surface area contributed by atoms with Crippen LogP contribution in [0.1, 0.15) is 66.7 Å². The van der Waals surface area contributed by atoms with Crippen LogP contribution < -0.4 is 0 Å². The molecule has 0 spiro atoms. The first-order chi connectivity index (χ1) is 9.90. The summed E-state index contributed by atoms with van der Waals surface area (Å²) < 4.78 is 0. The van der Waals surface area contributed by atoms with Crippen molar-refractivity contribution in [1.29, 1.82) is 0 Å². The van der Waals surface area contributed by atoms with E-state index >= 15 is 0 Å². The van der Waals surface area contributed by atoms with Gasteiger partial charge in [-0.25, -0.2) is 0 Å². The summed E-state index contributed by atoms with van der Waals surface area (Å²) in [4.78, 5) is 0. The molecule has 0 aliphatic heterocycles. The number of allylic oxidation sites excluding steroid dienone is 8. The van der Waals surface area contributed by atoms with Crippen LogP contribution in [0.15, 0.2) is 59.8 Å². The van der Waals surface area contributed by atoms with Gasteiger partial charge in [-0.15, -0.1) is 0 Å². The Morgan fingerprint density at radius 1 is 1.10 bits per heavy atom. The molecule has 1 unspecified atom stereocenters. The lowest BCUT2D eigenvalue weighted by molar-refractivity contribution is 0.694. The first kappa shape index (κ1) is 19.7. The molecule has 0 amide bonds. The molecular formula is C21H34. The maximum absolute atomic E-state index is 4.18. The Morgan fingerprint density at radius 3 is 2.33 bits per heavy atom. The van der Waals surface area contributed by atoms with E-state index in [1.807, 2.05) is 0 Å². The maximum atomic E-state index is 4.18. The van der Waals surface area contributed by atoms with Gasteiger partial charge in [0.2, 0.25) is 0 Å². The summed E-state index contributed by atoms with van der Waals surface area (Å²) in [5.41, 5.74) is 4.93. The van der Waals surface area contributed by atoms with E-state index in [0.717, 1.165) is 18.4 Å². The molecule has 0 fully saturated rings. The van der Waals surface area contributed by atoms with Crippen LogP contribution in [0, 0.1) is 5.92 Å². The average molecular weight is 287 g/mol. The van der Waals surface area contributed by atoms with E-state index in [4.69, 9.17) is 0 Å². The lowest BCUT2D eigenvalue weighted by Gasteiger charge is -2.07. The van der Waals surface area contributed by atoms with Crippen molar-refractivity contribution in [2.75, 3.05) is 0 Å². The molecule has 0 aliphatic carbocycles. The predicted octanol–water partition coefficient (Wildman–Crippen LogP) is 7.17. The summed E-state index contributed by atoms with van der Waals surface area (Å²) in [6, 6.07) is 0. The van der Waals surface area contributed by atoms with Crippen molar-refractivity contribution >= 4 is 0 Å². The summed E-state index contributed by atoms with van der Waals surface area (Å²) in [6.45, 7) is 19.3. The van der Waals surface area contributed by atoms with Gasteiger partial charge in [-0.2, -0.15) is 0 Å². The zero-order valence-corrected chi connectivity index (χ0v) is 14.8. The van der Waals surface area contributed by atoms with Gasteiger partial charge in [0.15, 0.2) is 0 Å². The van der Waals surface area contributed by atoms with E-state index < -0.39 is 0 Å². The van der Waals surface area contributed by atoms with E-state index in [0.29, 0.717) is 5.92 Å². The van der Waals surface area contributed by atoms with E-state index in [1.165, 1.54) is 36.0 Å². The Morgan fingerprint density at radius 2 is 1.76 bits per heavy atom. The Balaban J connectivity index is 4.40. The normalized spacial score (nSPS) is 14.5. The van der Waals surface area contributed by atoms with Gasteiger partial charge in [0.05, 0.1) is 0 Å². The zero-order chi connectivity index (χ0) is 16.3. The van der Waals surface area contributed by atoms with E-state index in [9.17, 15) is 0 Å². The smallest absolute Gasteiger partial charge is 0.00350 e. The van der Waals surface area contributed by atoms with Crippen LogP contribution in [0.3, 0.4) is 0 Å². The van der Waals surface area contributed by atoms with Crippen molar-refractivity contribution in [2.24, 2.45) is 5.92 Å². The summed E-state index contributed by atoms with van der Waals surface area (Å²) in [7, 11) is 0. The van der Waals surface area contributed by atoms with Crippen LogP contribution >= 0.6 is 0 Å². The summed E-state index contributed by atoms with van der Waals surface area (Å²) >= 11 is 0. The topological polar surface area (TPSA) is 0 Å². The minimum absolute atomic E-state index is 0.640. The van der Waals surface area contributed by atoms with Crippen LogP contribution in [0.25, 0.3) is 0 Å². The first-order valence-corrected chi connectivity index (χ1v) is 8.29. The van der Waals surface area contributed by atoms with Crippen molar-refractivity contribution in [3.63, 3.8) is 0 Å². The third-order valence-corrected chi connectivity index (χ3v) is 3.78. The molecule has 21 heavy (non-hydrogen) atoms. The third kappa shape index (κ3) is 10.1. The first-order valence-electron chi connectivity index (χ1n) is 8.29. The zero-order valence-electron chi connectivity index (χ0n) is 14.8. The van der Waals surface area contributed by atoms with E-state index in [-0.39, 0.29) is 0 Å². The molecular weight excluding hydrogens is 252 g/mol. The lowest BCUT2D eigenvalue weighted by atomic mass is 9.99. The van der Waals surface area contributed by atoms with Crippen molar-refractivity contribution in [3.05, 3.63) is 59.8 Å². The van der Waals surface area contributed by atoms with Gasteiger partial charge < -0.3 is 0 Å². The van der Waals surface area contributed by atoms with Crippen LogP contribution in [-0.2, 0) is 0 Å². The maximum Gasteiger partial charge on any atom is -0.00350 e. The highest BCUT2D eigenvalue weighted by Gasteiger charge is 1.99. The van der Waals surface area contributed by atoms with Gasteiger partial charge in [-0.1, -0.05) is 94.2 Å². The van der Waals surface area contributed by atoms with Crippen LogP contribution in [0.5, 0.6) is 0 Å². The molecule has 0 rings (SSSR count). The van der Waals surface area contributed by atoms with Crippen LogP contribution in [-0.4, -0.2) is 0 Å². The Labute approximate surface area is 133 Å². The molecule has 0 N–H and O–H groups in total. The quantitative estimate of drug-likeness (QED) is 0.295. The fourth-order valence-corrected chi connectivity index (χ4v) is 2.01. The highest BCUT2D eigenvalue weighted by molar-refractivity contribution is 5.35. The number of hydrogen-bond acceptors (Lipinski definition) is 0. The Bertz CT molecular complexity index is 415. The third-order valence-electron chi connectivity index (χ3n) is 3.78. The van der Waals surface area contributed by atoms with Gasteiger partial charge in [0.25, 0.3) is 0 Å². The van der Waals surface area contributed by atoms with Crippen molar-refractivity contribution in [3.8, 4) is 0 Å². The molecule has 0 aliphatic rings. The highest BCUT2D eigenvalue weighted by Crippen LogP contribution is 2.18. The summed E-state index contributed by atoms with van der Waals surface area (Å²) in [6.07, 6.45) is 14.6. The average Bonchev–Trinajstić information content (AvgIpc) is 2.45. The second-order valence-corrected chi connectivity index (χ2v) is 6.10. The molecule has 0 radical (unpaired) electrons. The minimum atomic E-state index is 0.640. The summed E-state index contributed by atoms with van der Waals surface area (Å²) in [5, 5.41) is 0. The molecule has 0 aromatic carbocycles. The molecule has 0 nitrogen and oxygen atoms in total. The molecule has 0 aromatic heterocycles. The number of unbranched alkanes of at least 4 members (excludes halogenated alkanes) is 2. The van der Waals surface area contributed by atoms with Crippen molar-refractivity contribution < 1.29 is 0 Å². The molecule has 0 saturated heterocycles. The van der Waals surface area contributed by atoms with Crippen LogP contribution in [0.2, 0.25) is 0 Å². The molecule has 0 bridgehead atoms. The SMILES string of the molecule is C=C(C=CC(C)=CC(C)CC)CC(=C)C(C)=CCCCC. The largest absolute Gasteiger partial charge is 0.0955 e. The fraction of sp³-hybridized carbons (Fsp3) is 0.524. The van der Waals surface area contributed by atoms with Gasteiger partial charge in [-0.05, 0) is 38.2 Å². The van der Waals surface area contributed by atoms with Gasteiger partial charge in [0.1, 0.15) is 0 Å². The van der Waals surface area contributed by atoms with Gasteiger partial charge >= 0.3 is 0 Å². The van der Waals surface area contributed by atoms with Gasteiger partial charge in [0, 0.05) is 0 Å². The minimum Gasteiger partial charge on any atom is -0.0955 e. The molecule has 0 saturated carbocycles.